The number of hydrogen-bond acceptors (Lipinski definition) is 9. The Morgan fingerprint density at radius 3 is 2.15 bits per heavy atom. The summed E-state index contributed by atoms with van der Waals surface area (Å²) in [5.74, 6) is -0.0682. The summed E-state index contributed by atoms with van der Waals surface area (Å²) in [6.45, 7) is 0. The maximum atomic E-state index is 13.3. The van der Waals surface area contributed by atoms with E-state index in [1.807, 2.05) is 0 Å². The number of methoxy groups -OCH3 is 4. The second kappa shape index (κ2) is 10.9. The van der Waals surface area contributed by atoms with Crippen molar-refractivity contribution in [2.75, 3.05) is 28.4 Å². The van der Waals surface area contributed by atoms with E-state index in [2.05, 4.69) is 5.32 Å². The number of esters is 1. The van der Waals surface area contributed by atoms with E-state index in [-0.39, 0.29) is 46.1 Å². The number of ether oxygens (including phenoxy) is 5. The van der Waals surface area contributed by atoms with Crippen LogP contribution in [0.1, 0.15) is 41.6 Å². The van der Waals surface area contributed by atoms with E-state index in [0.29, 0.717) is 17.2 Å². The predicted molar refractivity (Wildman–Crippen MR) is 142 cm³/mol. The fraction of sp³-hybridized carbons (Fsp3) is 0.379. The third-order valence-electron chi connectivity index (χ3n) is 7.77. The van der Waals surface area contributed by atoms with Crippen molar-refractivity contribution in [2.45, 2.75) is 31.7 Å². The lowest BCUT2D eigenvalue weighted by Crippen LogP contribution is -2.58. The van der Waals surface area contributed by atoms with Crippen LogP contribution >= 0.6 is 0 Å². The first-order valence-electron chi connectivity index (χ1n) is 12.9. The number of urea groups is 1. The van der Waals surface area contributed by atoms with Crippen LogP contribution < -0.4 is 29.0 Å². The maximum absolute atomic E-state index is 13.3. The largest absolute Gasteiger partial charge is 0.493 e. The number of imide groups is 2. The molecule has 2 saturated carbocycles. The van der Waals surface area contributed by atoms with Gasteiger partial charge in [0.2, 0.25) is 5.75 Å². The molecule has 5 rings (SSSR count). The van der Waals surface area contributed by atoms with Crippen molar-refractivity contribution in [1.29, 1.82) is 0 Å². The number of fused-ring (bicyclic) bond motifs is 2. The van der Waals surface area contributed by atoms with Crippen LogP contribution in [0.15, 0.2) is 35.9 Å². The number of amides is 4. The van der Waals surface area contributed by atoms with Gasteiger partial charge in [-0.2, -0.15) is 0 Å². The summed E-state index contributed by atoms with van der Waals surface area (Å²) in [4.78, 5) is 52.8. The second-order valence-corrected chi connectivity index (χ2v) is 9.95. The highest BCUT2D eigenvalue weighted by Gasteiger charge is 2.49. The van der Waals surface area contributed by atoms with Crippen LogP contribution in [0.2, 0.25) is 0 Å². The highest BCUT2D eigenvalue weighted by atomic mass is 16.6. The molecule has 1 N–H and O–H groups in total. The molecule has 2 aromatic carbocycles. The van der Waals surface area contributed by atoms with Gasteiger partial charge in [0.05, 0.1) is 34.0 Å². The lowest BCUT2D eigenvalue weighted by molar-refractivity contribution is -0.132. The van der Waals surface area contributed by atoms with Gasteiger partial charge in [0.1, 0.15) is 5.57 Å². The molecule has 11 heteroatoms. The van der Waals surface area contributed by atoms with Crippen molar-refractivity contribution in [3.8, 4) is 28.7 Å². The van der Waals surface area contributed by atoms with Crippen LogP contribution in [0.4, 0.5) is 4.79 Å². The van der Waals surface area contributed by atoms with Crippen LogP contribution in [0.25, 0.3) is 6.08 Å². The highest BCUT2D eigenvalue weighted by Crippen LogP contribution is 2.47. The molecule has 2 bridgehead atoms. The fourth-order valence-electron chi connectivity index (χ4n) is 5.88. The highest BCUT2D eigenvalue weighted by molar-refractivity contribution is 6.31. The third-order valence-corrected chi connectivity index (χ3v) is 7.77. The molecule has 1 aliphatic heterocycles. The van der Waals surface area contributed by atoms with Gasteiger partial charge in [-0.05, 0) is 67.0 Å². The summed E-state index contributed by atoms with van der Waals surface area (Å²) in [5, 5.41) is 2.31. The Morgan fingerprint density at radius 1 is 0.875 bits per heavy atom. The first-order valence-corrected chi connectivity index (χ1v) is 12.9. The predicted octanol–water partition coefficient (Wildman–Crippen LogP) is 3.59. The molecular weight excluding hydrogens is 520 g/mol. The van der Waals surface area contributed by atoms with Crippen molar-refractivity contribution in [2.24, 2.45) is 11.8 Å². The van der Waals surface area contributed by atoms with Crippen LogP contribution in [0.3, 0.4) is 0 Å². The van der Waals surface area contributed by atoms with Crippen molar-refractivity contribution >= 4 is 29.9 Å². The van der Waals surface area contributed by atoms with Gasteiger partial charge in [-0.25, -0.2) is 9.59 Å². The molecule has 2 aromatic rings. The zero-order valence-electron chi connectivity index (χ0n) is 22.6. The van der Waals surface area contributed by atoms with Gasteiger partial charge in [-0.15, -0.1) is 0 Å². The zero-order chi connectivity index (χ0) is 28.6. The molecule has 40 heavy (non-hydrogen) atoms. The lowest BCUT2D eigenvalue weighted by atomic mass is 9.93. The Balaban J connectivity index is 1.39. The van der Waals surface area contributed by atoms with E-state index in [1.165, 1.54) is 63.7 Å². The number of barbiturate groups is 1. The summed E-state index contributed by atoms with van der Waals surface area (Å²) in [5.41, 5.74) is 0.453. The minimum absolute atomic E-state index is 0.113. The van der Waals surface area contributed by atoms with Crippen LogP contribution in [0, 0.1) is 11.8 Å². The Labute approximate surface area is 231 Å². The van der Waals surface area contributed by atoms with E-state index in [9.17, 15) is 19.2 Å². The van der Waals surface area contributed by atoms with Gasteiger partial charge < -0.3 is 23.7 Å². The van der Waals surface area contributed by atoms with Crippen molar-refractivity contribution in [1.82, 2.24) is 10.2 Å². The van der Waals surface area contributed by atoms with E-state index in [1.54, 1.807) is 6.07 Å². The molecule has 3 fully saturated rings. The van der Waals surface area contributed by atoms with Gasteiger partial charge in [-0.1, -0.05) is 12.5 Å². The molecule has 210 valence electrons. The third kappa shape index (κ3) is 4.83. The van der Waals surface area contributed by atoms with Crippen LogP contribution in [0.5, 0.6) is 28.7 Å². The van der Waals surface area contributed by atoms with Crippen LogP contribution in [-0.4, -0.2) is 63.2 Å². The topological polar surface area (TPSA) is 130 Å². The Bertz CT molecular complexity index is 1390. The van der Waals surface area contributed by atoms with Gasteiger partial charge >= 0.3 is 12.0 Å². The summed E-state index contributed by atoms with van der Waals surface area (Å²) < 4.78 is 26.9. The lowest BCUT2D eigenvalue weighted by Gasteiger charge is -2.35. The standard InChI is InChI=1S/C29H30N2O9/c1-36-22-12-16(6-8-21(22)40-28(34)18-13-23(37-2)25(39-4)24(14-18)38-3)10-19-26(32)30-29(35)31(27(19)33)20-11-15-5-7-17(20)9-15/h6,8,10,12-15,17,20H,5,7,9,11H2,1-4H3,(H,30,32,35)/b19-10+/t15-,17-,20+/m0/s1. The van der Waals surface area contributed by atoms with Gasteiger partial charge in [0.15, 0.2) is 23.0 Å². The molecule has 1 heterocycles. The molecule has 0 aromatic heterocycles. The Morgan fingerprint density at radius 2 is 1.57 bits per heavy atom. The van der Waals surface area contributed by atoms with Crippen molar-refractivity contribution in [3.63, 3.8) is 0 Å². The Hall–Kier alpha value is -4.54. The monoisotopic (exact) mass is 550 g/mol. The number of nitrogens with one attached hydrogen (secondary N) is 1. The SMILES string of the molecule is COc1cc(/C=C2\C(=O)NC(=O)N([C@@H]3C[C@H]4CC[C@H]3C4)C2=O)ccc1OC(=O)c1cc(OC)c(OC)c(OC)c1. The summed E-state index contributed by atoms with van der Waals surface area (Å²) in [6.07, 6.45) is 5.26. The number of nitrogens with zero attached hydrogens (tertiary/aromatic N) is 1. The molecule has 0 unspecified atom stereocenters. The van der Waals surface area contributed by atoms with Crippen molar-refractivity contribution < 1.29 is 42.9 Å². The molecule has 1 saturated heterocycles. The average molecular weight is 551 g/mol. The minimum atomic E-state index is -0.758. The second-order valence-electron chi connectivity index (χ2n) is 9.95. The number of rotatable bonds is 8. The first-order chi connectivity index (χ1) is 19.3. The quantitative estimate of drug-likeness (QED) is 0.227. The van der Waals surface area contributed by atoms with Gasteiger partial charge in [0, 0.05) is 6.04 Å². The van der Waals surface area contributed by atoms with Crippen molar-refractivity contribution in [3.05, 3.63) is 47.0 Å². The summed E-state index contributed by atoms with van der Waals surface area (Å²) in [7, 11) is 5.73. The molecule has 3 aliphatic rings. The molecular formula is C29H30N2O9. The summed E-state index contributed by atoms with van der Waals surface area (Å²) in [6, 6.07) is 6.66. The molecule has 0 spiro atoms. The number of carbonyl (C=O) groups excluding carboxylic acids is 4. The fourth-order valence-corrected chi connectivity index (χ4v) is 5.88. The molecule has 4 amide bonds. The van der Waals surface area contributed by atoms with E-state index in [0.717, 1.165) is 25.7 Å². The van der Waals surface area contributed by atoms with Gasteiger partial charge in [0.25, 0.3) is 11.8 Å². The average Bonchev–Trinajstić information content (AvgIpc) is 3.59. The summed E-state index contributed by atoms with van der Waals surface area (Å²) >= 11 is 0. The normalized spacial score (nSPS) is 22.8. The number of carbonyl (C=O) groups is 4. The van der Waals surface area contributed by atoms with Gasteiger partial charge in [-0.3, -0.25) is 19.8 Å². The number of benzene rings is 2. The van der Waals surface area contributed by atoms with Crippen LogP contribution in [-0.2, 0) is 9.59 Å². The van der Waals surface area contributed by atoms with E-state index >= 15 is 0 Å². The first kappa shape index (κ1) is 27.0. The molecule has 3 atom stereocenters. The number of hydrogen-bond donors (Lipinski definition) is 1. The maximum Gasteiger partial charge on any atom is 0.343 e. The van der Waals surface area contributed by atoms with E-state index < -0.39 is 23.8 Å². The minimum Gasteiger partial charge on any atom is -0.493 e. The zero-order valence-corrected chi connectivity index (χ0v) is 22.6. The smallest absolute Gasteiger partial charge is 0.343 e. The van der Waals surface area contributed by atoms with E-state index in [4.69, 9.17) is 23.7 Å². The Kier molecular flexibility index (Phi) is 7.38. The molecule has 11 nitrogen and oxygen atoms in total. The molecule has 2 aliphatic carbocycles. The molecule has 0 radical (unpaired) electrons.